The lowest BCUT2D eigenvalue weighted by molar-refractivity contribution is 1.69. The molecule has 44 heavy (non-hydrogen) atoms. The number of thiophene rings is 2. The van der Waals surface area contributed by atoms with Crippen LogP contribution in [0.15, 0.2) is 146 Å². The van der Waals surface area contributed by atoms with Gasteiger partial charge in [0.05, 0.1) is 0 Å². The molecular formula is C42H24S2. The highest BCUT2D eigenvalue weighted by molar-refractivity contribution is 7.28. The Morgan fingerprint density at radius 2 is 0.750 bits per heavy atom. The minimum absolute atomic E-state index is 1.26. The van der Waals surface area contributed by atoms with Crippen LogP contribution in [-0.2, 0) is 0 Å². The Balaban J connectivity index is 1.27. The van der Waals surface area contributed by atoms with E-state index in [1.54, 1.807) is 0 Å². The van der Waals surface area contributed by atoms with Gasteiger partial charge in [-0.3, -0.25) is 0 Å². The summed E-state index contributed by atoms with van der Waals surface area (Å²) in [4.78, 5) is 0. The summed E-state index contributed by atoms with van der Waals surface area (Å²) in [6.07, 6.45) is 0. The van der Waals surface area contributed by atoms with Crippen molar-refractivity contribution in [3.05, 3.63) is 146 Å². The topological polar surface area (TPSA) is 0 Å². The van der Waals surface area contributed by atoms with Crippen molar-refractivity contribution < 1.29 is 0 Å². The van der Waals surface area contributed by atoms with Gasteiger partial charge in [0.1, 0.15) is 0 Å². The fourth-order valence-corrected chi connectivity index (χ4v) is 9.56. The zero-order chi connectivity index (χ0) is 28.8. The van der Waals surface area contributed by atoms with E-state index in [4.69, 9.17) is 0 Å². The summed E-state index contributed by atoms with van der Waals surface area (Å²) in [5, 5.41) is 13.1. The Morgan fingerprint density at radius 3 is 1.43 bits per heavy atom. The van der Waals surface area contributed by atoms with E-state index in [0.717, 1.165) is 0 Å². The molecule has 0 nitrogen and oxygen atoms in total. The average Bonchev–Trinajstić information content (AvgIpc) is 3.62. The lowest BCUT2D eigenvalue weighted by atomic mass is 9.85. The van der Waals surface area contributed by atoms with Gasteiger partial charge in [0.15, 0.2) is 0 Å². The molecule has 0 spiro atoms. The molecule has 2 heterocycles. The first-order valence-electron chi connectivity index (χ1n) is 15.0. The van der Waals surface area contributed by atoms with Crippen LogP contribution in [0.3, 0.4) is 0 Å². The maximum Gasteiger partial charge on any atom is 0.0369 e. The summed E-state index contributed by atoms with van der Waals surface area (Å²) < 4.78 is 5.42. The van der Waals surface area contributed by atoms with E-state index in [2.05, 4.69) is 146 Å². The summed E-state index contributed by atoms with van der Waals surface area (Å²) in [5.41, 5.74) is 5.14. The maximum absolute atomic E-state index is 2.44. The van der Waals surface area contributed by atoms with E-state index >= 15 is 0 Å². The molecule has 10 rings (SSSR count). The molecule has 0 amide bonds. The van der Waals surface area contributed by atoms with Crippen LogP contribution in [0.2, 0.25) is 0 Å². The molecule has 2 aromatic heterocycles. The summed E-state index contributed by atoms with van der Waals surface area (Å²) in [5.74, 6) is 0. The third-order valence-electron chi connectivity index (χ3n) is 9.23. The maximum atomic E-state index is 2.44. The zero-order valence-corrected chi connectivity index (χ0v) is 25.3. The van der Waals surface area contributed by atoms with E-state index in [1.807, 2.05) is 22.7 Å². The van der Waals surface area contributed by atoms with Gasteiger partial charge in [-0.2, -0.15) is 0 Å². The summed E-state index contributed by atoms with van der Waals surface area (Å²) in [6, 6.07) is 54.2. The highest BCUT2D eigenvalue weighted by Crippen LogP contribution is 2.47. The van der Waals surface area contributed by atoms with Crippen molar-refractivity contribution in [2.75, 3.05) is 0 Å². The fourth-order valence-electron chi connectivity index (χ4n) is 7.25. The molecule has 0 fully saturated rings. The Bertz CT molecular complexity index is 2720. The molecule has 0 saturated heterocycles. The fraction of sp³-hybridized carbons (Fsp3) is 0. The Labute approximate surface area is 262 Å². The highest BCUT2D eigenvalue weighted by atomic mass is 32.1. The van der Waals surface area contributed by atoms with Crippen LogP contribution in [0.1, 0.15) is 0 Å². The first kappa shape index (κ1) is 24.4. The summed E-state index contributed by atoms with van der Waals surface area (Å²) in [7, 11) is 0. The molecule has 0 N–H and O–H groups in total. The molecule has 0 bridgehead atoms. The van der Waals surface area contributed by atoms with E-state index < -0.39 is 0 Å². The van der Waals surface area contributed by atoms with Crippen molar-refractivity contribution in [2.45, 2.75) is 0 Å². The number of benzene rings is 8. The first-order chi connectivity index (χ1) is 21.8. The monoisotopic (exact) mass is 592 g/mol. The number of rotatable bonds is 2. The average molecular weight is 593 g/mol. The summed E-state index contributed by atoms with van der Waals surface area (Å²) >= 11 is 3.80. The molecule has 8 aromatic carbocycles. The van der Waals surface area contributed by atoms with Gasteiger partial charge in [-0.25, -0.2) is 0 Å². The van der Waals surface area contributed by atoms with Gasteiger partial charge >= 0.3 is 0 Å². The van der Waals surface area contributed by atoms with E-state index in [0.29, 0.717) is 0 Å². The molecule has 0 aliphatic rings. The van der Waals surface area contributed by atoms with Crippen molar-refractivity contribution >= 4 is 95.3 Å². The quantitative estimate of drug-likeness (QED) is 0.175. The standard InChI is InChI=1S/C42H24S2/c1-2-10-26-21-27(18-17-25(26)9-1)41-30-12-3-5-14-32(30)42(33-15-6-4-13-31(33)41)28-19-20-38-34(22-28)36-23-35-29-11-7-8-16-37(29)43-39(35)24-40(36)44-38/h1-24H. The van der Waals surface area contributed by atoms with Gasteiger partial charge in [-0.1, -0.05) is 109 Å². The van der Waals surface area contributed by atoms with E-state index in [1.165, 1.54) is 94.9 Å². The molecule has 2 heteroatoms. The van der Waals surface area contributed by atoms with Crippen LogP contribution < -0.4 is 0 Å². The van der Waals surface area contributed by atoms with Crippen LogP contribution in [0, 0.1) is 0 Å². The van der Waals surface area contributed by atoms with Crippen LogP contribution in [0.25, 0.3) is 94.9 Å². The van der Waals surface area contributed by atoms with Crippen molar-refractivity contribution in [2.24, 2.45) is 0 Å². The van der Waals surface area contributed by atoms with Gasteiger partial charge in [0.25, 0.3) is 0 Å². The predicted octanol–water partition coefficient (Wildman–Crippen LogP) is 13.2. The largest absolute Gasteiger partial charge is 0.135 e. The SMILES string of the molecule is c1ccc2cc(-c3c4ccccc4c(-c4ccc5sc6cc7sc8ccccc8c7cc6c5c4)c4ccccc34)ccc2c1. The summed E-state index contributed by atoms with van der Waals surface area (Å²) in [6.45, 7) is 0. The Morgan fingerprint density at radius 1 is 0.273 bits per heavy atom. The third-order valence-corrected chi connectivity index (χ3v) is 11.5. The second-order valence-electron chi connectivity index (χ2n) is 11.7. The Kier molecular flexibility index (Phi) is 5.13. The minimum atomic E-state index is 1.26. The van der Waals surface area contributed by atoms with Crippen LogP contribution in [-0.4, -0.2) is 0 Å². The van der Waals surface area contributed by atoms with Crippen molar-refractivity contribution in [3.8, 4) is 22.3 Å². The van der Waals surface area contributed by atoms with Gasteiger partial charge in [-0.15, -0.1) is 22.7 Å². The van der Waals surface area contributed by atoms with Crippen molar-refractivity contribution in [1.82, 2.24) is 0 Å². The predicted molar refractivity (Wildman–Crippen MR) is 196 cm³/mol. The third kappa shape index (κ3) is 3.50. The van der Waals surface area contributed by atoms with Crippen LogP contribution >= 0.6 is 22.7 Å². The molecule has 0 aliphatic carbocycles. The van der Waals surface area contributed by atoms with Crippen LogP contribution in [0.4, 0.5) is 0 Å². The molecule has 0 aliphatic heterocycles. The number of fused-ring (bicyclic) bond motifs is 9. The molecule has 0 radical (unpaired) electrons. The molecule has 0 atom stereocenters. The minimum Gasteiger partial charge on any atom is -0.135 e. The molecule has 204 valence electrons. The smallest absolute Gasteiger partial charge is 0.0369 e. The van der Waals surface area contributed by atoms with Gasteiger partial charge < -0.3 is 0 Å². The molecular weight excluding hydrogens is 569 g/mol. The van der Waals surface area contributed by atoms with E-state index in [9.17, 15) is 0 Å². The zero-order valence-electron chi connectivity index (χ0n) is 23.7. The lowest BCUT2D eigenvalue weighted by Gasteiger charge is -2.18. The molecule has 10 aromatic rings. The van der Waals surface area contributed by atoms with Gasteiger partial charge in [0, 0.05) is 40.3 Å². The normalized spacial score (nSPS) is 12.1. The van der Waals surface area contributed by atoms with E-state index in [-0.39, 0.29) is 0 Å². The first-order valence-corrected chi connectivity index (χ1v) is 16.6. The molecule has 0 unspecified atom stereocenters. The number of hydrogen-bond acceptors (Lipinski definition) is 2. The van der Waals surface area contributed by atoms with Crippen LogP contribution in [0.5, 0.6) is 0 Å². The molecule has 0 saturated carbocycles. The Hall–Kier alpha value is -5.02. The second-order valence-corrected chi connectivity index (χ2v) is 13.8. The van der Waals surface area contributed by atoms with Gasteiger partial charge in [0.2, 0.25) is 0 Å². The van der Waals surface area contributed by atoms with Crippen molar-refractivity contribution in [3.63, 3.8) is 0 Å². The van der Waals surface area contributed by atoms with Crippen molar-refractivity contribution in [1.29, 1.82) is 0 Å². The number of hydrogen-bond donors (Lipinski definition) is 0. The second kappa shape index (κ2) is 9.24. The van der Waals surface area contributed by atoms with Gasteiger partial charge in [-0.05, 0) is 91.0 Å². The highest BCUT2D eigenvalue weighted by Gasteiger charge is 2.18. The lowest BCUT2D eigenvalue weighted by Crippen LogP contribution is -1.91.